The highest BCUT2D eigenvalue weighted by atomic mass is 32.2. The minimum atomic E-state index is -3.87. The smallest absolute Gasteiger partial charge is 0.325 e. The number of nitrogens with one attached hydrogen (secondary N) is 3. The highest BCUT2D eigenvalue weighted by molar-refractivity contribution is 7.92. The Kier molecular flexibility index (Phi) is 13.4. The molecule has 0 bridgehead atoms. The van der Waals surface area contributed by atoms with Gasteiger partial charge in [0.2, 0.25) is 5.91 Å². The zero-order valence-corrected chi connectivity index (χ0v) is 28.6. The molecule has 10 nitrogen and oxygen atoms in total. The predicted octanol–water partition coefficient (Wildman–Crippen LogP) is 3.65. The third-order valence-corrected chi connectivity index (χ3v) is 10.9. The van der Waals surface area contributed by atoms with Crippen molar-refractivity contribution in [3.8, 4) is 0 Å². The zero-order valence-electron chi connectivity index (χ0n) is 27.8. The third-order valence-electron chi connectivity index (χ3n) is 8.48. The number of benzene rings is 2. The molecule has 1 aliphatic heterocycles. The van der Waals surface area contributed by atoms with E-state index in [1.54, 1.807) is 6.92 Å². The summed E-state index contributed by atoms with van der Waals surface area (Å²) in [5.74, 6) is -5.11. The number of aryl methyl sites for hydroxylation is 1. The van der Waals surface area contributed by atoms with Gasteiger partial charge in [0.05, 0.1) is 29.1 Å². The van der Waals surface area contributed by atoms with Crippen molar-refractivity contribution in [1.82, 2.24) is 20.9 Å². The average molecular weight is 679 g/mol. The van der Waals surface area contributed by atoms with Crippen LogP contribution in [0.5, 0.6) is 0 Å². The number of aliphatic hydroxyl groups excluding tert-OH is 1. The summed E-state index contributed by atoms with van der Waals surface area (Å²) in [7, 11) is -3.87. The van der Waals surface area contributed by atoms with Gasteiger partial charge in [-0.05, 0) is 68.4 Å². The Balaban J connectivity index is 1.89. The first-order chi connectivity index (χ1) is 22.1. The predicted molar refractivity (Wildman–Crippen MR) is 176 cm³/mol. The lowest BCUT2D eigenvalue weighted by Gasteiger charge is -2.29. The van der Waals surface area contributed by atoms with Gasteiger partial charge in [0, 0.05) is 25.7 Å². The quantitative estimate of drug-likeness (QED) is 0.176. The second-order valence-electron chi connectivity index (χ2n) is 12.8. The summed E-state index contributed by atoms with van der Waals surface area (Å²) in [5, 5.41) is 18.9. The van der Waals surface area contributed by atoms with E-state index >= 15 is 0 Å². The van der Waals surface area contributed by atoms with Crippen LogP contribution >= 0.6 is 0 Å². The molecule has 0 spiro atoms. The molecule has 2 aromatic rings. The largest absolute Gasteiger partial charge is 0.390 e. The molecular weight excluding hydrogens is 630 g/mol. The maximum atomic E-state index is 14.1. The topological polar surface area (TPSA) is 145 Å². The summed E-state index contributed by atoms with van der Waals surface area (Å²) in [6.45, 7) is 8.52. The van der Waals surface area contributed by atoms with Gasteiger partial charge in [0.15, 0.2) is 9.84 Å². The van der Waals surface area contributed by atoms with Gasteiger partial charge >= 0.3 is 6.03 Å². The fourth-order valence-corrected chi connectivity index (χ4v) is 8.02. The summed E-state index contributed by atoms with van der Waals surface area (Å²) in [5.41, 5.74) is 1.04. The van der Waals surface area contributed by atoms with E-state index in [2.05, 4.69) is 16.0 Å². The van der Waals surface area contributed by atoms with Crippen LogP contribution in [-0.2, 0) is 38.8 Å². The molecule has 1 saturated heterocycles. The monoisotopic (exact) mass is 678 g/mol. The maximum absolute atomic E-state index is 14.1. The Morgan fingerprint density at radius 2 is 1.68 bits per heavy atom. The van der Waals surface area contributed by atoms with Crippen LogP contribution in [0.1, 0.15) is 70.6 Å². The zero-order chi connectivity index (χ0) is 34.9. The summed E-state index contributed by atoms with van der Waals surface area (Å²) in [6.07, 6.45) is 0.700. The summed E-state index contributed by atoms with van der Waals surface area (Å²) < 4.78 is 55.2. The molecule has 0 saturated carbocycles. The molecule has 1 aliphatic rings. The fraction of sp³-hybridized carbons (Fsp3) is 0.559. The Labute approximate surface area is 276 Å². The van der Waals surface area contributed by atoms with Crippen LogP contribution in [0.4, 0.5) is 13.6 Å². The molecule has 260 valence electrons. The minimum absolute atomic E-state index is 0.0162. The van der Waals surface area contributed by atoms with Gasteiger partial charge in [-0.1, -0.05) is 51.5 Å². The normalized spacial score (nSPS) is 17.2. The molecule has 4 amide bonds. The second kappa shape index (κ2) is 16.6. The fourth-order valence-electron chi connectivity index (χ4n) is 5.82. The van der Waals surface area contributed by atoms with Crippen LogP contribution in [0.15, 0.2) is 42.5 Å². The first-order valence-corrected chi connectivity index (χ1v) is 17.9. The van der Waals surface area contributed by atoms with Crippen molar-refractivity contribution in [2.45, 2.75) is 96.2 Å². The average Bonchev–Trinajstić information content (AvgIpc) is 3.19. The summed E-state index contributed by atoms with van der Waals surface area (Å²) >= 11 is 0. The Hall–Kier alpha value is -3.42. The number of carbonyl (C=O) groups is 3. The van der Waals surface area contributed by atoms with E-state index in [-0.39, 0.29) is 18.5 Å². The lowest BCUT2D eigenvalue weighted by atomic mass is 9.99. The van der Waals surface area contributed by atoms with E-state index in [1.807, 2.05) is 38.1 Å². The molecular formula is C34H48F2N4O6S. The van der Waals surface area contributed by atoms with Crippen LogP contribution in [0.2, 0.25) is 0 Å². The number of hydrogen-bond acceptors (Lipinski definition) is 7. The standard InChI is InChI=1S/C34H48F2N4O6S/c1-6-10-28(8-3)47(45,46)21-25(20-40-32(43)34(4,5)39-33(40)44)31(42)38-29(16-24-14-26(35)17-27(36)15-24)30(41)19-37-18-23-12-9-11-22(7-2)13-23/h9,11-15,17,25,28-30,37,41H,6-8,10,16,18-21H2,1-5H3,(H,38,42)(H,39,44)/t25?,28?,29-,30+/m0/s1. The van der Waals surface area contributed by atoms with Crippen LogP contribution in [0.3, 0.4) is 0 Å². The van der Waals surface area contributed by atoms with Crippen molar-refractivity contribution >= 4 is 27.7 Å². The minimum Gasteiger partial charge on any atom is -0.390 e. The number of hydrogen-bond donors (Lipinski definition) is 4. The Bertz CT molecular complexity index is 1500. The van der Waals surface area contributed by atoms with Gasteiger partial charge in [-0.25, -0.2) is 22.0 Å². The van der Waals surface area contributed by atoms with E-state index < -0.39 is 80.5 Å². The van der Waals surface area contributed by atoms with Crippen LogP contribution in [0, 0.1) is 17.6 Å². The van der Waals surface area contributed by atoms with E-state index in [4.69, 9.17) is 0 Å². The van der Waals surface area contributed by atoms with Crippen molar-refractivity contribution < 1.29 is 36.7 Å². The van der Waals surface area contributed by atoms with E-state index in [9.17, 15) is 36.7 Å². The number of halogens is 2. The van der Waals surface area contributed by atoms with Crippen molar-refractivity contribution in [1.29, 1.82) is 0 Å². The molecule has 4 atom stereocenters. The van der Waals surface area contributed by atoms with Crippen LogP contribution in [0.25, 0.3) is 0 Å². The number of nitrogens with zero attached hydrogens (tertiary/aromatic N) is 1. The number of rotatable bonds is 18. The van der Waals surface area contributed by atoms with Crippen molar-refractivity contribution in [2.75, 3.05) is 18.8 Å². The first-order valence-electron chi connectivity index (χ1n) is 16.2. The molecule has 47 heavy (non-hydrogen) atoms. The van der Waals surface area contributed by atoms with E-state index in [0.29, 0.717) is 31.9 Å². The van der Waals surface area contributed by atoms with Gasteiger partial charge in [-0.15, -0.1) is 0 Å². The number of sulfone groups is 1. The van der Waals surface area contributed by atoms with Gasteiger partial charge < -0.3 is 21.1 Å². The molecule has 2 aromatic carbocycles. The van der Waals surface area contributed by atoms with Gasteiger partial charge in [-0.2, -0.15) is 0 Å². The lowest BCUT2D eigenvalue weighted by molar-refractivity contribution is -0.132. The maximum Gasteiger partial charge on any atom is 0.325 e. The number of imide groups is 1. The molecule has 2 unspecified atom stereocenters. The van der Waals surface area contributed by atoms with Crippen LogP contribution in [-0.4, -0.2) is 78.0 Å². The van der Waals surface area contributed by atoms with Crippen molar-refractivity contribution in [3.05, 3.63) is 70.8 Å². The van der Waals surface area contributed by atoms with Gasteiger partial charge in [0.1, 0.15) is 17.2 Å². The SMILES string of the molecule is CCCC(CC)S(=O)(=O)CC(CN1C(=O)NC(C)(C)C1=O)C(=O)N[C@@H](Cc1cc(F)cc(F)c1)[C@H](O)CNCc1cccc(CC)c1. The molecule has 0 radical (unpaired) electrons. The second-order valence-corrected chi connectivity index (χ2v) is 15.1. The molecule has 0 aliphatic carbocycles. The molecule has 13 heteroatoms. The van der Waals surface area contributed by atoms with Gasteiger partial charge in [-0.3, -0.25) is 14.5 Å². The Morgan fingerprint density at radius 1 is 1.02 bits per heavy atom. The highest BCUT2D eigenvalue weighted by Gasteiger charge is 2.46. The lowest BCUT2D eigenvalue weighted by Crippen LogP contribution is -2.53. The van der Waals surface area contributed by atoms with Crippen molar-refractivity contribution in [2.24, 2.45) is 5.92 Å². The molecule has 0 aromatic heterocycles. The van der Waals surface area contributed by atoms with Crippen molar-refractivity contribution in [3.63, 3.8) is 0 Å². The molecule has 4 N–H and O–H groups in total. The number of amides is 4. The molecule has 3 rings (SSSR count). The van der Waals surface area contributed by atoms with Crippen LogP contribution < -0.4 is 16.0 Å². The third kappa shape index (κ3) is 10.5. The summed E-state index contributed by atoms with van der Waals surface area (Å²) in [4.78, 5) is 40.5. The summed E-state index contributed by atoms with van der Waals surface area (Å²) in [6, 6.07) is 8.91. The van der Waals surface area contributed by atoms with E-state index in [1.165, 1.54) is 13.8 Å². The number of carbonyl (C=O) groups excluding carboxylic acids is 3. The number of urea groups is 1. The first kappa shape index (κ1) is 38.0. The Morgan fingerprint density at radius 3 is 2.26 bits per heavy atom. The number of aliphatic hydroxyl groups is 1. The van der Waals surface area contributed by atoms with E-state index in [0.717, 1.165) is 34.6 Å². The molecule has 1 fully saturated rings. The van der Waals surface area contributed by atoms with Gasteiger partial charge in [0.25, 0.3) is 5.91 Å². The highest BCUT2D eigenvalue weighted by Crippen LogP contribution is 2.22. The molecule has 1 heterocycles.